The van der Waals surface area contributed by atoms with Gasteiger partial charge in [0.05, 0.1) is 0 Å². The fourth-order valence-electron chi connectivity index (χ4n) is 3.83. The first kappa shape index (κ1) is 21.2. The highest BCUT2D eigenvalue weighted by Crippen LogP contribution is 2.50. The lowest BCUT2D eigenvalue weighted by molar-refractivity contribution is 0.131. The van der Waals surface area contributed by atoms with Gasteiger partial charge in [0.2, 0.25) is 0 Å². The van der Waals surface area contributed by atoms with Crippen molar-refractivity contribution in [2.24, 2.45) is 0 Å². The molecule has 5 aromatic rings. The summed E-state index contributed by atoms with van der Waals surface area (Å²) < 4.78 is 0. The van der Waals surface area contributed by atoms with Crippen LogP contribution in [0.3, 0.4) is 0 Å². The van der Waals surface area contributed by atoms with Gasteiger partial charge in [-0.2, -0.15) is 0 Å². The molecule has 3 aromatic carbocycles. The Hall–Kier alpha value is -4.08. The predicted octanol–water partition coefficient (Wildman–Crippen LogP) is 6.11. The van der Waals surface area contributed by atoms with Crippen LogP contribution in [0.1, 0.15) is 16.7 Å². The Bertz CT molecular complexity index is 1100. The molecule has 3 nitrogen and oxygen atoms in total. The van der Waals surface area contributed by atoms with Crippen LogP contribution in [0.5, 0.6) is 0 Å². The standard InChI is InChI=1S/C19H14O.2C5H5N/c20-19(14-8-2-1-3-9-14)17-12-6-4-10-15(17)16-11-5-7-13-18(16)19;2*1-2-4-6-5-3-1/h1-13,20H;2*1-5H. The fraction of sp³-hybridized carbons (Fsp3) is 0.0345. The van der Waals surface area contributed by atoms with E-state index in [1.807, 2.05) is 103 Å². The van der Waals surface area contributed by atoms with E-state index in [1.165, 1.54) is 0 Å². The monoisotopic (exact) mass is 416 g/mol. The van der Waals surface area contributed by atoms with E-state index in [-0.39, 0.29) is 0 Å². The Labute approximate surface area is 188 Å². The lowest BCUT2D eigenvalue weighted by atomic mass is 9.84. The molecule has 0 saturated heterocycles. The van der Waals surface area contributed by atoms with Gasteiger partial charge in [0.1, 0.15) is 5.60 Å². The molecule has 0 aliphatic heterocycles. The number of pyridine rings is 2. The van der Waals surface area contributed by atoms with Crippen molar-refractivity contribution in [1.82, 2.24) is 9.97 Å². The van der Waals surface area contributed by atoms with Crippen LogP contribution in [-0.2, 0) is 5.60 Å². The predicted molar refractivity (Wildman–Crippen MR) is 129 cm³/mol. The summed E-state index contributed by atoms with van der Waals surface area (Å²) >= 11 is 0. The van der Waals surface area contributed by atoms with Crippen molar-refractivity contribution in [1.29, 1.82) is 0 Å². The molecule has 1 aliphatic rings. The average molecular weight is 417 g/mol. The van der Waals surface area contributed by atoms with Gasteiger partial charge in [-0.3, -0.25) is 9.97 Å². The molecular weight excluding hydrogens is 392 g/mol. The Morgan fingerprint density at radius 3 is 1.19 bits per heavy atom. The minimum Gasteiger partial charge on any atom is -0.376 e. The lowest BCUT2D eigenvalue weighted by Crippen LogP contribution is -2.25. The van der Waals surface area contributed by atoms with Gasteiger partial charge < -0.3 is 5.11 Å². The largest absolute Gasteiger partial charge is 0.376 e. The highest BCUT2D eigenvalue weighted by molar-refractivity contribution is 5.82. The van der Waals surface area contributed by atoms with Crippen molar-refractivity contribution in [3.63, 3.8) is 0 Å². The summed E-state index contributed by atoms with van der Waals surface area (Å²) in [7, 11) is 0. The first-order chi connectivity index (χ1) is 15.8. The number of hydrogen-bond acceptors (Lipinski definition) is 3. The zero-order chi connectivity index (χ0) is 22.1. The number of hydrogen-bond donors (Lipinski definition) is 1. The maximum absolute atomic E-state index is 11.5. The van der Waals surface area contributed by atoms with Crippen molar-refractivity contribution in [3.8, 4) is 11.1 Å². The van der Waals surface area contributed by atoms with E-state index in [2.05, 4.69) is 22.1 Å². The van der Waals surface area contributed by atoms with Crippen LogP contribution in [-0.4, -0.2) is 15.1 Å². The molecule has 0 radical (unpaired) electrons. The molecule has 0 fully saturated rings. The smallest absolute Gasteiger partial charge is 0.141 e. The van der Waals surface area contributed by atoms with Gasteiger partial charge in [0.25, 0.3) is 0 Å². The van der Waals surface area contributed by atoms with Gasteiger partial charge in [-0.15, -0.1) is 0 Å². The van der Waals surface area contributed by atoms with Crippen LogP contribution in [0.25, 0.3) is 11.1 Å². The topological polar surface area (TPSA) is 46.0 Å². The summed E-state index contributed by atoms with van der Waals surface area (Å²) in [5.41, 5.74) is 4.04. The Morgan fingerprint density at radius 2 is 0.812 bits per heavy atom. The summed E-state index contributed by atoms with van der Waals surface area (Å²) in [6, 6.07) is 37.5. The summed E-state index contributed by atoms with van der Waals surface area (Å²) in [6.07, 6.45) is 7.00. The second kappa shape index (κ2) is 10.3. The van der Waals surface area contributed by atoms with Crippen molar-refractivity contribution < 1.29 is 5.11 Å². The summed E-state index contributed by atoms with van der Waals surface area (Å²) in [4.78, 5) is 7.57. The summed E-state index contributed by atoms with van der Waals surface area (Å²) in [5, 5.41) is 11.5. The van der Waals surface area contributed by atoms with Crippen molar-refractivity contribution in [2.75, 3.05) is 0 Å². The number of rotatable bonds is 1. The molecule has 0 bridgehead atoms. The maximum atomic E-state index is 11.5. The SMILES string of the molecule is OC1(c2ccccc2)c2ccccc2-c2ccccc21.c1ccncc1.c1ccncc1. The molecule has 2 aromatic heterocycles. The van der Waals surface area contributed by atoms with E-state index in [0.717, 1.165) is 27.8 Å². The van der Waals surface area contributed by atoms with Crippen LogP contribution in [0.4, 0.5) is 0 Å². The molecule has 0 unspecified atom stereocenters. The van der Waals surface area contributed by atoms with Crippen LogP contribution in [0.2, 0.25) is 0 Å². The van der Waals surface area contributed by atoms with Crippen LogP contribution >= 0.6 is 0 Å². The molecule has 3 heteroatoms. The van der Waals surface area contributed by atoms with E-state index >= 15 is 0 Å². The van der Waals surface area contributed by atoms with E-state index < -0.39 is 5.60 Å². The number of aliphatic hydroxyl groups is 1. The minimum absolute atomic E-state index is 0.914. The van der Waals surface area contributed by atoms with Crippen molar-refractivity contribution >= 4 is 0 Å². The fourth-order valence-corrected chi connectivity index (χ4v) is 3.83. The van der Waals surface area contributed by atoms with Gasteiger partial charge in [-0.25, -0.2) is 0 Å². The highest BCUT2D eigenvalue weighted by atomic mass is 16.3. The van der Waals surface area contributed by atoms with E-state index in [9.17, 15) is 5.11 Å². The average Bonchev–Trinajstić information content (AvgIpc) is 3.17. The van der Waals surface area contributed by atoms with Gasteiger partial charge in [-0.05, 0) is 41.0 Å². The highest BCUT2D eigenvalue weighted by Gasteiger charge is 2.42. The molecule has 0 atom stereocenters. The van der Waals surface area contributed by atoms with Gasteiger partial charge in [-0.1, -0.05) is 91.0 Å². The molecule has 0 saturated carbocycles. The Morgan fingerprint density at radius 1 is 0.438 bits per heavy atom. The van der Waals surface area contributed by atoms with Crippen LogP contribution in [0.15, 0.2) is 140 Å². The van der Waals surface area contributed by atoms with E-state index in [1.54, 1.807) is 24.8 Å². The van der Waals surface area contributed by atoms with Gasteiger partial charge >= 0.3 is 0 Å². The second-order valence-corrected chi connectivity index (χ2v) is 7.22. The normalized spacial score (nSPS) is 12.2. The summed E-state index contributed by atoms with van der Waals surface area (Å²) in [6.45, 7) is 0. The lowest BCUT2D eigenvalue weighted by Gasteiger charge is -2.26. The van der Waals surface area contributed by atoms with Gasteiger partial charge in [0, 0.05) is 35.9 Å². The summed E-state index contributed by atoms with van der Waals surface area (Å²) in [5.74, 6) is 0. The molecule has 0 amide bonds. The number of nitrogens with zero attached hydrogens (tertiary/aromatic N) is 2. The third-order valence-corrected chi connectivity index (χ3v) is 5.25. The Balaban J connectivity index is 0.000000166. The molecule has 6 rings (SSSR count). The molecule has 2 heterocycles. The van der Waals surface area contributed by atoms with Crippen LogP contribution < -0.4 is 0 Å². The maximum Gasteiger partial charge on any atom is 0.141 e. The third kappa shape index (κ3) is 4.48. The molecule has 1 aliphatic carbocycles. The number of fused-ring (bicyclic) bond motifs is 3. The van der Waals surface area contributed by atoms with Crippen molar-refractivity contribution in [2.45, 2.75) is 5.60 Å². The Kier molecular flexibility index (Phi) is 6.81. The van der Waals surface area contributed by atoms with E-state index in [0.29, 0.717) is 0 Å². The quantitative estimate of drug-likeness (QED) is 0.358. The minimum atomic E-state index is -1.05. The number of aromatic nitrogens is 2. The molecule has 1 N–H and O–H groups in total. The van der Waals surface area contributed by atoms with Crippen LogP contribution in [0, 0.1) is 0 Å². The first-order valence-electron chi connectivity index (χ1n) is 10.5. The van der Waals surface area contributed by atoms with Gasteiger partial charge in [0.15, 0.2) is 0 Å². The zero-order valence-electron chi connectivity index (χ0n) is 17.6. The zero-order valence-corrected chi connectivity index (χ0v) is 17.6. The number of benzene rings is 3. The molecule has 32 heavy (non-hydrogen) atoms. The first-order valence-corrected chi connectivity index (χ1v) is 10.5. The molecule has 0 spiro atoms. The molecular formula is C29H24N2O. The third-order valence-electron chi connectivity index (χ3n) is 5.25. The second-order valence-electron chi connectivity index (χ2n) is 7.22. The molecule has 156 valence electrons. The van der Waals surface area contributed by atoms with E-state index in [4.69, 9.17) is 0 Å². The van der Waals surface area contributed by atoms with Crippen molar-refractivity contribution in [3.05, 3.63) is 157 Å².